The molecule has 0 aliphatic rings. The molecule has 27 heavy (non-hydrogen) atoms. The predicted molar refractivity (Wildman–Crippen MR) is 103 cm³/mol. The Balaban J connectivity index is 1.56. The molecule has 0 amide bonds. The molecule has 0 fully saturated rings. The summed E-state index contributed by atoms with van der Waals surface area (Å²) in [5, 5.41) is 3.48. The monoisotopic (exact) mass is 362 g/mol. The highest BCUT2D eigenvalue weighted by Gasteiger charge is 2.14. The first-order valence-electron chi connectivity index (χ1n) is 8.84. The van der Waals surface area contributed by atoms with Gasteiger partial charge in [0, 0.05) is 13.1 Å². The lowest BCUT2D eigenvalue weighted by atomic mass is 9.98. The second-order valence-electron chi connectivity index (χ2n) is 6.34. The molecule has 0 aliphatic carbocycles. The summed E-state index contributed by atoms with van der Waals surface area (Å²) in [6.45, 7) is 1.03. The van der Waals surface area contributed by atoms with Crippen LogP contribution in [0.1, 0.15) is 17.2 Å². The molecule has 1 aromatic heterocycles. The number of benzene rings is 3. The Bertz CT molecular complexity index is 1080. The van der Waals surface area contributed by atoms with Gasteiger partial charge in [0.25, 0.3) is 0 Å². The van der Waals surface area contributed by atoms with Crippen LogP contribution in [0.15, 0.2) is 88.1 Å². The van der Waals surface area contributed by atoms with Gasteiger partial charge >= 0.3 is 5.76 Å². The summed E-state index contributed by atoms with van der Waals surface area (Å²) in [5.41, 5.74) is 3.41. The van der Waals surface area contributed by atoms with Crippen molar-refractivity contribution < 1.29 is 8.81 Å². The van der Waals surface area contributed by atoms with Gasteiger partial charge in [-0.05, 0) is 35.4 Å². The fourth-order valence-electron chi connectivity index (χ4n) is 3.28. The lowest BCUT2D eigenvalue weighted by Gasteiger charge is -2.20. The van der Waals surface area contributed by atoms with E-state index >= 15 is 0 Å². The molecule has 0 bridgehead atoms. The molecule has 4 aromatic rings. The largest absolute Gasteiger partial charge is 0.419 e. The molecule has 3 aromatic carbocycles. The first kappa shape index (κ1) is 17.2. The summed E-state index contributed by atoms with van der Waals surface area (Å²) in [6, 6.07) is 23.7. The van der Waals surface area contributed by atoms with Crippen molar-refractivity contribution in [3.8, 4) is 0 Å². The zero-order valence-corrected chi connectivity index (χ0v) is 14.6. The number of oxazole rings is 1. The topological polar surface area (TPSA) is 47.2 Å². The van der Waals surface area contributed by atoms with Gasteiger partial charge in [0.2, 0.25) is 0 Å². The van der Waals surface area contributed by atoms with Gasteiger partial charge in [0.05, 0.1) is 11.6 Å². The van der Waals surface area contributed by atoms with Crippen LogP contribution in [0, 0.1) is 5.82 Å². The smallest absolute Gasteiger partial charge is 0.408 e. The molecule has 0 aliphatic heterocycles. The first-order valence-corrected chi connectivity index (χ1v) is 8.84. The van der Waals surface area contributed by atoms with Crippen molar-refractivity contribution in [2.75, 3.05) is 6.54 Å². The molecule has 5 heteroatoms. The van der Waals surface area contributed by atoms with E-state index in [1.807, 2.05) is 48.5 Å². The molecule has 4 rings (SSSR count). The summed E-state index contributed by atoms with van der Waals surface area (Å²) in [7, 11) is 0. The second-order valence-corrected chi connectivity index (χ2v) is 6.34. The number of fused-ring (bicyclic) bond motifs is 1. The van der Waals surface area contributed by atoms with Gasteiger partial charge in [-0.15, -0.1) is 0 Å². The van der Waals surface area contributed by atoms with Crippen molar-refractivity contribution in [3.63, 3.8) is 0 Å². The van der Waals surface area contributed by atoms with E-state index in [0.29, 0.717) is 18.7 Å². The molecular weight excluding hydrogens is 343 g/mol. The minimum Gasteiger partial charge on any atom is -0.408 e. The Kier molecular flexibility index (Phi) is 4.85. The maximum atomic E-state index is 13.3. The fraction of sp³-hybridized carbons (Fsp3) is 0.136. The van der Waals surface area contributed by atoms with E-state index in [1.54, 1.807) is 22.8 Å². The van der Waals surface area contributed by atoms with Crippen LogP contribution in [0.5, 0.6) is 0 Å². The Morgan fingerprint density at radius 1 is 0.889 bits per heavy atom. The van der Waals surface area contributed by atoms with Gasteiger partial charge in [-0.1, -0.05) is 54.6 Å². The number of hydrogen-bond acceptors (Lipinski definition) is 3. The van der Waals surface area contributed by atoms with E-state index < -0.39 is 0 Å². The Morgan fingerprint density at radius 3 is 2.33 bits per heavy atom. The molecule has 1 N–H and O–H groups in total. The quantitative estimate of drug-likeness (QED) is 0.561. The van der Waals surface area contributed by atoms with Gasteiger partial charge in [-0.3, -0.25) is 4.57 Å². The molecule has 0 saturated carbocycles. The number of nitrogens with one attached hydrogen (secondary N) is 1. The highest BCUT2D eigenvalue weighted by Crippen LogP contribution is 2.22. The summed E-state index contributed by atoms with van der Waals surface area (Å²) >= 11 is 0. The number of hydrogen-bond donors (Lipinski definition) is 1. The molecule has 0 saturated heterocycles. The molecular formula is C22H19FN2O2. The standard InChI is InChI=1S/C22H19FN2O2/c23-18-12-10-17(11-13-18)21(16-6-2-1-3-7-16)24-14-15-25-19-8-4-5-9-20(19)27-22(25)26/h1-13,21,24H,14-15H2. The lowest BCUT2D eigenvalue weighted by molar-refractivity contribution is 0.484. The minimum absolute atomic E-state index is 0.0966. The molecule has 1 atom stereocenters. The van der Waals surface area contributed by atoms with E-state index in [4.69, 9.17) is 4.42 Å². The number of halogens is 1. The van der Waals surface area contributed by atoms with Crippen LogP contribution in [0.25, 0.3) is 11.1 Å². The van der Waals surface area contributed by atoms with Crippen molar-refractivity contribution in [2.45, 2.75) is 12.6 Å². The fourth-order valence-corrected chi connectivity index (χ4v) is 3.28. The van der Waals surface area contributed by atoms with Crippen molar-refractivity contribution in [1.29, 1.82) is 0 Å². The third-order valence-corrected chi connectivity index (χ3v) is 4.59. The first-order chi connectivity index (χ1) is 13.2. The third-order valence-electron chi connectivity index (χ3n) is 4.59. The molecule has 136 valence electrons. The average molecular weight is 362 g/mol. The number of aromatic nitrogens is 1. The van der Waals surface area contributed by atoms with Crippen molar-refractivity contribution in [2.24, 2.45) is 0 Å². The van der Waals surface area contributed by atoms with Crippen molar-refractivity contribution in [1.82, 2.24) is 9.88 Å². The molecule has 0 radical (unpaired) electrons. The van der Waals surface area contributed by atoms with E-state index in [-0.39, 0.29) is 17.6 Å². The molecule has 4 nitrogen and oxygen atoms in total. The number of nitrogens with zero attached hydrogens (tertiary/aromatic N) is 1. The van der Waals surface area contributed by atoms with Gasteiger partial charge in [0.15, 0.2) is 5.58 Å². The van der Waals surface area contributed by atoms with Crippen LogP contribution in [0.3, 0.4) is 0 Å². The maximum Gasteiger partial charge on any atom is 0.419 e. The number of para-hydroxylation sites is 2. The summed E-state index contributed by atoms with van der Waals surface area (Å²) in [4.78, 5) is 12.1. The van der Waals surface area contributed by atoms with Crippen LogP contribution in [0.4, 0.5) is 4.39 Å². The van der Waals surface area contributed by atoms with E-state index in [0.717, 1.165) is 16.6 Å². The van der Waals surface area contributed by atoms with Gasteiger partial charge in [-0.2, -0.15) is 0 Å². The van der Waals surface area contributed by atoms with Crippen molar-refractivity contribution in [3.05, 3.63) is 106 Å². The summed E-state index contributed by atoms with van der Waals surface area (Å²) in [5.74, 6) is -0.627. The predicted octanol–water partition coefficient (Wildman–Crippen LogP) is 4.11. The van der Waals surface area contributed by atoms with E-state index in [1.165, 1.54) is 12.1 Å². The average Bonchev–Trinajstić information content (AvgIpc) is 3.02. The highest BCUT2D eigenvalue weighted by atomic mass is 19.1. The molecule has 1 heterocycles. The summed E-state index contributed by atoms with van der Waals surface area (Å²) < 4.78 is 20.2. The Morgan fingerprint density at radius 2 is 1.56 bits per heavy atom. The molecule has 1 unspecified atom stereocenters. The Hall–Kier alpha value is -3.18. The van der Waals surface area contributed by atoms with E-state index in [2.05, 4.69) is 5.32 Å². The van der Waals surface area contributed by atoms with Gasteiger partial charge in [-0.25, -0.2) is 9.18 Å². The maximum absolute atomic E-state index is 13.3. The third kappa shape index (κ3) is 3.68. The van der Waals surface area contributed by atoms with E-state index in [9.17, 15) is 9.18 Å². The van der Waals surface area contributed by atoms with Crippen LogP contribution >= 0.6 is 0 Å². The Labute approximate surface area is 155 Å². The lowest BCUT2D eigenvalue weighted by Crippen LogP contribution is -2.28. The van der Waals surface area contributed by atoms with Gasteiger partial charge < -0.3 is 9.73 Å². The van der Waals surface area contributed by atoms with Gasteiger partial charge in [0.1, 0.15) is 5.82 Å². The minimum atomic E-state index is -0.365. The van der Waals surface area contributed by atoms with Crippen molar-refractivity contribution >= 4 is 11.1 Å². The highest BCUT2D eigenvalue weighted by molar-refractivity contribution is 5.72. The van der Waals surface area contributed by atoms with Crippen LogP contribution < -0.4 is 11.1 Å². The van der Waals surface area contributed by atoms with Crippen LogP contribution in [0.2, 0.25) is 0 Å². The zero-order chi connectivity index (χ0) is 18.6. The zero-order valence-electron chi connectivity index (χ0n) is 14.6. The molecule has 0 spiro atoms. The number of rotatable bonds is 6. The van der Waals surface area contributed by atoms with Crippen LogP contribution in [-0.4, -0.2) is 11.1 Å². The summed E-state index contributed by atoms with van der Waals surface area (Å²) in [6.07, 6.45) is 0. The van der Waals surface area contributed by atoms with Crippen LogP contribution in [-0.2, 0) is 6.54 Å². The SMILES string of the molecule is O=c1oc2ccccc2n1CCNC(c1ccccc1)c1ccc(F)cc1. The normalized spacial score (nSPS) is 12.3. The second kappa shape index (κ2) is 7.60.